The number of hydrogen-bond acceptors (Lipinski definition) is 4. The van der Waals surface area contributed by atoms with E-state index in [-0.39, 0.29) is 0 Å². The molecular weight excluding hydrogens is 204 g/mol. The summed E-state index contributed by atoms with van der Waals surface area (Å²) >= 11 is 0. The van der Waals surface area contributed by atoms with Crippen molar-refractivity contribution >= 4 is 0 Å². The van der Waals surface area contributed by atoms with E-state index in [4.69, 9.17) is 20.5 Å². The third-order valence-electron chi connectivity index (χ3n) is 1.89. The first kappa shape index (κ1) is 12.3. The van der Waals surface area contributed by atoms with Gasteiger partial charge in [0.25, 0.3) is 0 Å². The lowest BCUT2D eigenvalue weighted by Crippen LogP contribution is -2.38. The quantitative estimate of drug-likeness (QED) is 0.838. The van der Waals surface area contributed by atoms with Gasteiger partial charge in [-0.15, -0.1) is 0 Å². The van der Waals surface area contributed by atoms with Crippen molar-refractivity contribution in [2.45, 2.75) is 19.4 Å². The second-order valence-electron chi connectivity index (χ2n) is 4.25. The summed E-state index contributed by atoms with van der Waals surface area (Å²) in [6.45, 7) is 4.10. The highest BCUT2D eigenvalue weighted by atomic mass is 16.5. The Kier molecular flexibility index (Phi) is 3.75. The highest BCUT2D eigenvalue weighted by Gasteiger charge is 2.13. The number of hydrogen-bond donors (Lipinski definition) is 1. The summed E-state index contributed by atoms with van der Waals surface area (Å²) in [7, 11) is 1.56. The Labute approximate surface area is 95.6 Å². The van der Waals surface area contributed by atoms with E-state index in [0.717, 1.165) is 0 Å². The summed E-state index contributed by atoms with van der Waals surface area (Å²) in [5, 5.41) is 8.78. The molecule has 0 saturated heterocycles. The van der Waals surface area contributed by atoms with Gasteiger partial charge >= 0.3 is 0 Å². The first-order valence-electron chi connectivity index (χ1n) is 4.96. The van der Waals surface area contributed by atoms with Crippen molar-refractivity contribution in [2.75, 3.05) is 13.7 Å². The Balaban J connectivity index is 2.88. The van der Waals surface area contributed by atoms with Crippen molar-refractivity contribution in [1.29, 1.82) is 5.26 Å². The summed E-state index contributed by atoms with van der Waals surface area (Å²) in [5.41, 5.74) is 5.92. The molecule has 0 fully saturated rings. The third kappa shape index (κ3) is 3.44. The van der Waals surface area contributed by atoms with Gasteiger partial charge in [0.2, 0.25) is 0 Å². The number of methoxy groups -OCH3 is 1. The van der Waals surface area contributed by atoms with E-state index in [1.54, 1.807) is 25.3 Å². The maximum atomic E-state index is 8.78. The average Bonchev–Trinajstić information content (AvgIpc) is 2.25. The van der Waals surface area contributed by atoms with Crippen LogP contribution in [0, 0.1) is 11.3 Å². The molecule has 86 valence electrons. The molecule has 1 rings (SSSR count). The van der Waals surface area contributed by atoms with Crippen molar-refractivity contribution in [3.8, 4) is 17.6 Å². The summed E-state index contributed by atoms with van der Waals surface area (Å²) in [5.74, 6) is 1.14. The zero-order valence-corrected chi connectivity index (χ0v) is 9.78. The number of ether oxygens (including phenoxy) is 2. The zero-order chi connectivity index (χ0) is 12.2. The second kappa shape index (κ2) is 4.86. The number of nitrogens with zero attached hydrogens (tertiary/aromatic N) is 1. The average molecular weight is 220 g/mol. The largest absolute Gasteiger partial charge is 0.493 e. The molecule has 0 amide bonds. The monoisotopic (exact) mass is 220 g/mol. The molecule has 0 aliphatic heterocycles. The lowest BCUT2D eigenvalue weighted by Gasteiger charge is -2.20. The fraction of sp³-hybridized carbons (Fsp3) is 0.417. The van der Waals surface area contributed by atoms with Gasteiger partial charge < -0.3 is 15.2 Å². The fourth-order valence-corrected chi connectivity index (χ4v) is 1.12. The molecule has 1 aromatic rings. The topological polar surface area (TPSA) is 68.3 Å². The molecule has 2 N–H and O–H groups in total. The van der Waals surface area contributed by atoms with E-state index < -0.39 is 5.54 Å². The van der Waals surface area contributed by atoms with Crippen LogP contribution in [0.5, 0.6) is 11.5 Å². The standard InChI is InChI=1S/C12H16N2O2/c1-12(2,14)8-16-11-6-9(7-13)4-5-10(11)15-3/h4-6H,8,14H2,1-3H3. The van der Waals surface area contributed by atoms with Crippen LogP contribution in [0.1, 0.15) is 19.4 Å². The van der Waals surface area contributed by atoms with Gasteiger partial charge in [-0.05, 0) is 26.0 Å². The lowest BCUT2D eigenvalue weighted by molar-refractivity contribution is 0.233. The van der Waals surface area contributed by atoms with E-state index in [0.29, 0.717) is 23.7 Å². The van der Waals surface area contributed by atoms with E-state index in [2.05, 4.69) is 0 Å². The molecule has 0 heterocycles. The molecule has 16 heavy (non-hydrogen) atoms. The van der Waals surface area contributed by atoms with Gasteiger partial charge in [-0.1, -0.05) is 0 Å². The van der Waals surface area contributed by atoms with E-state index in [1.165, 1.54) is 0 Å². The van der Waals surface area contributed by atoms with Crippen LogP contribution < -0.4 is 15.2 Å². The van der Waals surface area contributed by atoms with Crippen LogP contribution in [0.4, 0.5) is 0 Å². The predicted octanol–water partition coefficient (Wildman–Crippen LogP) is 1.68. The van der Waals surface area contributed by atoms with Crippen LogP contribution in [-0.4, -0.2) is 19.3 Å². The highest BCUT2D eigenvalue weighted by Crippen LogP contribution is 2.28. The number of nitriles is 1. The molecule has 0 saturated carbocycles. The summed E-state index contributed by atoms with van der Waals surface area (Å²) in [6, 6.07) is 7.08. The number of nitrogens with two attached hydrogens (primary N) is 1. The smallest absolute Gasteiger partial charge is 0.162 e. The van der Waals surface area contributed by atoms with Crippen molar-refractivity contribution in [2.24, 2.45) is 5.73 Å². The van der Waals surface area contributed by atoms with Crippen LogP contribution in [0.25, 0.3) is 0 Å². The molecule has 0 bridgehead atoms. The Morgan fingerprint density at radius 1 is 1.38 bits per heavy atom. The van der Waals surface area contributed by atoms with Gasteiger partial charge in [-0.3, -0.25) is 0 Å². The number of benzene rings is 1. The predicted molar refractivity (Wildman–Crippen MR) is 61.5 cm³/mol. The van der Waals surface area contributed by atoms with Gasteiger partial charge in [0.15, 0.2) is 11.5 Å². The molecular formula is C12H16N2O2. The minimum absolute atomic E-state index is 0.359. The maximum Gasteiger partial charge on any atom is 0.162 e. The first-order chi connectivity index (χ1) is 7.46. The van der Waals surface area contributed by atoms with Crippen LogP contribution in [0.3, 0.4) is 0 Å². The highest BCUT2D eigenvalue weighted by molar-refractivity contribution is 5.46. The normalized spacial score (nSPS) is 10.7. The Hall–Kier alpha value is -1.73. The molecule has 0 aliphatic rings. The van der Waals surface area contributed by atoms with Crippen LogP contribution in [0.15, 0.2) is 18.2 Å². The molecule has 0 aliphatic carbocycles. The van der Waals surface area contributed by atoms with Crippen LogP contribution in [0.2, 0.25) is 0 Å². The molecule has 0 aromatic heterocycles. The summed E-state index contributed by atoms with van der Waals surface area (Å²) in [4.78, 5) is 0. The molecule has 0 unspecified atom stereocenters. The van der Waals surface area contributed by atoms with Gasteiger partial charge in [0.05, 0.1) is 18.7 Å². The van der Waals surface area contributed by atoms with Crippen molar-refractivity contribution < 1.29 is 9.47 Å². The van der Waals surface area contributed by atoms with Crippen LogP contribution in [-0.2, 0) is 0 Å². The fourth-order valence-electron chi connectivity index (χ4n) is 1.12. The Bertz CT molecular complexity index is 402. The zero-order valence-electron chi connectivity index (χ0n) is 9.78. The van der Waals surface area contributed by atoms with E-state index in [1.807, 2.05) is 19.9 Å². The Morgan fingerprint density at radius 2 is 2.06 bits per heavy atom. The van der Waals surface area contributed by atoms with Gasteiger partial charge in [0, 0.05) is 11.6 Å². The minimum atomic E-state index is -0.423. The molecule has 0 atom stereocenters. The molecule has 0 radical (unpaired) electrons. The molecule has 4 nitrogen and oxygen atoms in total. The van der Waals surface area contributed by atoms with Crippen LogP contribution >= 0.6 is 0 Å². The summed E-state index contributed by atoms with van der Waals surface area (Å²) < 4.78 is 10.7. The van der Waals surface area contributed by atoms with Gasteiger partial charge in [0.1, 0.15) is 6.61 Å². The van der Waals surface area contributed by atoms with Gasteiger partial charge in [-0.25, -0.2) is 0 Å². The summed E-state index contributed by atoms with van der Waals surface area (Å²) in [6.07, 6.45) is 0. The first-order valence-corrected chi connectivity index (χ1v) is 4.96. The SMILES string of the molecule is COc1ccc(C#N)cc1OCC(C)(C)N. The second-order valence-corrected chi connectivity index (χ2v) is 4.25. The molecule has 0 spiro atoms. The minimum Gasteiger partial charge on any atom is -0.493 e. The van der Waals surface area contributed by atoms with E-state index in [9.17, 15) is 0 Å². The van der Waals surface area contributed by atoms with Crippen molar-refractivity contribution in [3.63, 3.8) is 0 Å². The lowest BCUT2D eigenvalue weighted by atomic mass is 10.1. The molecule has 1 aromatic carbocycles. The van der Waals surface area contributed by atoms with Crippen molar-refractivity contribution in [3.05, 3.63) is 23.8 Å². The van der Waals surface area contributed by atoms with E-state index >= 15 is 0 Å². The molecule has 4 heteroatoms. The van der Waals surface area contributed by atoms with Gasteiger partial charge in [-0.2, -0.15) is 5.26 Å². The third-order valence-corrected chi connectivity index (χ3v) is 1.89. The van der Waals surface area contributed by atoms with Crippen molar-refractivity contribution in [1.82, 2.24) is 0 Å². The number of rotatable bonds is 4. The Morgan fingerprint density at radius 3 is 2.56 bits per heavy atom. The maximum absolute atomic E-state index is 8.78.